The molecule has 0 saturated carbocycles. The van der Waals surface area contributed by atoms with Crippen molar-refractivity contribution in [3.63, 3.8) is 0 Å². The molecule has 148 valence electrons. The van der Waals surface area contributed by atoms with Gasteiger partial charge in [0, 0.05) is 12.3 Å². The number of carbonyl (C=O) groups is 1. The molecule has 0 heterocycles. The van der Waals surface area contributed by atoms with Gasteiger partial charge in [0.1, 0.15) is 11.4 Å². The molecule has 0 aromatic heterocycles. The topological polar surface area (TPSA) is 47.6 Å². The highest BCUT2D eigenvalue weighted by atomic mass is 16.5. The maximum Gasteiger partial charge on any atom is 0.256 e. The van der Waals surface area contributed by atoms with Crippen LogP contribution >= 0.6 is 0 Å². The maximum atomic E-state index is 12.9. The van der Waals surface area contributed by atoms with Crippen molar-refractivity contribution in [3.8, 4) is 5.75 Å². The van der Waals surface area contributed by atoms with E-state index in [9.17, 15) is 4.79 Å². The maximum absolute atomic E-state index is 12.9. The van der Waals surface area contributed by atoms with Crippen molar-refractivity contribution in [2.45, 2.75) is 73.8 Å². The quantitative estimate of drug-likeness (QED) is 0.596. The molecule has 0 fully saturated rings. The number of rotatable bonds is 10. The molecule has 0 aliphatic carbocycles. The van der Waals surface area contributed by atoms with Gasteiger partial charge in [0.05, 0.1) is 6.61 Å². The Hall–Kier alpha value is -1.55. The highest BCUT2D eigenvalue weighted by Gasteiger charge is 2.35. The Labute approximate surface area is 159 Å². The van der Waals surface area contributed by atoms with Crippen LogP contribution in [-0.4, -0.2) is 24.7 Å². The summed E-state index contributed by atoms with van der Waals surface area (Å²) in [6.45, 7) is 17.7. The fourth-order valence-corrected chi connectivity index (χ4v) is 3.09. The van der Waals surface area contributed by atoms with E-state index in [0.717, 1.165) is 29.0 Å². The van der Waals surface area contributed by atoms with Crippen molar-refractivity contribution in [2.75, 3.05) is 18.5 Å². The first kappa shape index (κ1) is 22.5. The average Bonchev–Trinajstić information content (AvgIpc) is 2.51. The van der Waals surface area contributed by atoms with E-state index < -0.39 is 5.60 Å². The number of carbonyl (C=O) groups excluding carboxylic acids is 1. The Bertz CT molecular complexity index is 572. The number of nitrogens with one attached hydrogen (secondary N) is 1. The summed E-state index contributed by atoms with van der Waals surface area (Å²) >= 11 is 0. The van der Waals surface area contributed by atoms with Crippen LogP contribution < -0.4 is 10.1 Å². The molecule has 4 heteroatoms. The summed E-state index contributed by atoms with van der Waals surface area (Å²) in [7, 11) is 0. The Kier molecular flexibility index (Phi) is 8.61. The Morgan fingerprint density at radius 3 is 2.15 bits per heavy atom. The second-order valence-electron chi connectivity index (χ2n) is 8.28. The van der Waals surface area contributed by atoms with Crippen LogP contribution in [0.15, 0.2) is 12.1 Å². The SMILES string of the molecule is CCCOC(C)(CC(C)C)C(=O)Nc1cc(C)c(OCC(C)C)c(C)c1. The molecular formula is C22H37NO3. The molecule has 1 amide bonds. The zero-order valence-corrected chi connectivity index (χ0v) is 17.9. The third-order valence-corrected chi connectivity index (χ3v) is 4.18. The Morgan fingerprint density at radius 1 is 1.12 bits per heavy atom. The van der Waals surface area contributed by atoms with Crippen molar-refractivity contribution in [2.24, 2.45) is 11.8 Å². The van der Waals surface area contributed by atoms with E-state index in [0.29, 0.717) is 31.5 Å². The minimum Gasteiger partial charge on any atom is -0.493 e. The lowest BCUT2D eigenvalue weighted by Gasteiger charge is -2.30. The largest absolute Gasteiger partial charge is 0.493 e. The van der Waals surface area contributed by atoms with E-state index in [1.807, 2.05) is 32.9 Å². The van der Waals surface area contributed by atoms with E-state index >= 15 is 0 Å². The van der Waals surface area contributed by atoms with Crippen molar-refractivity contribution in [3.05, 3.63) is 23.3 Å². The third kappa shape index (κ3) is 6.64. The monoisotopic (exact) mass is 363 g/mol. The molecule has 1 N–H and O–H groups in total. The van der Waals surface area contributed by atoms with Crippen LogP contribution in [0.4, 0.5) is 5.69 Å². The van der Waals surface area contributed by atoms with Gasteiger partial charge in [-0.25, -0.2) is 0 Å². The van der Waals surface area contributed by atoms with Gasteiger partial charge in [0.15, 0.2) is 0 Å². The van der Waals surface area contributed by atoms with E-state index in [4.69, 9.17) is 9.47 Å². The molecule has 26 heavy (non-hydrogen) atoms. The minimum atomic E-state index is -0.821. The molecule has 1 atom stereocenters. The molecule has 0 spiro atoms. The molecule has 1 aromatic rings. The predicted molar refractivity (Wildman–Crippen MR) is 109 cm³/mol. The highest BCUT2D eigenvalue weighted by Crippen LogP contribution is 2.29. The number of hydrogen-bond acceptors (Lipinski definition) is 3. The fraction of sp³-hybridized carbons (Fsp3) is 0.682. The lowest BCUT2D eigenvalue weighted by molar-refractivity contribution is -0.141. The van der Waals surface area contributed by atoms with Gasteiger partial charge >= 0.3 is 0 Å². The van der Waals surface area contributed by atoms with Gasteiger partial charge in [0.2, 0.25) is 0 Å². The van der Waals surface area contributed by atoms with Crippen LogP contribution in [0.5, 0.6) is 5.75 Å². The number of hydrogen-bond donors (Lipinski definition) is 1. The lowest BCUT2D eigenvalue weighted by Crippen LogP contribution is -2.44. The zero-order valence-electron chi connectivity index (χ0n) is 17.9. The third-order valence-electron chi connectivity index (χ3n) is 4.18. The molecule has 1 unspecified atom stereocenters. The molecule has 1 aromatic carbocycles. The Morgan fingerprint density at radius 2 is 1.69 bits per heavy atom. The fourth-order valence-electron chi connectivity index (χ4n) is 3.09. The highest BCUT2D eigenvalue weighted by molar-refractivity contribution is 5.97. The number of benzene rings is 1. The van der Waals surface area contributed by atoms with Crippen LogP contribution in [0.25, 0.3) is 0 Å². The van der Waals surface area contributed by atoms with Gasteiger partial charge < -0.3 is 14.8 Å². The summed E-state index contributed by atoms with van der Waals surface area (Å²) in [5.41, 5.74) is 2.03. The van der Waals surface area contributed by atoms with Crippen molar-refractivity contribution in [1.82, 2.24) is 0 Å². The normalized spacial score (nSPS) is 13.8. The molecule has 0 saturated heterocycles. The van der Waals surface area contributed by atoms with Crippen LogP contribution in [0.2, 0.25) is 0 Å². The van der Waals surface area contributed by atoms with Gasteiger partial charge in [-0.2, -0.15) is 0 Å². The number of ether oxygens (including phenoxy) is 2. The first-order valence-electron chi connectivity index (χ1n) is 9.78. The second kappa shape index (κ2) is 9.96. The average molecular weight is 364 g/mol. The van der Waals surface area contributed by atoms with E-state index in [1.165, 1.54) is 0 Å². The van der Waals surface area contributed by atoms with Crippen LogP contribution in [0.3, 0.4) is 0 Å². The minimum absolute atomic E-state index is 0.0886. The lowest BCUT2D eigenvalue weighted by atomic mass is 9.92. The molecule has 4 nitrogen and oxygen atoms in total. The van der Waals surface area contributed by atoms with Gasteiger partial charge in [0.25, 0.3) is 5.91 Å². The van der Waals surface area contributed by atoms with Gasteiger partial charge in [-0.05, 0) is 68.7 Å². The van der Waals surface area contributed by atoms with Crippen LogP contribution in [0, 0.1) is 25.7 Å². The first-order valence-corrected chi connectivity index (χ1v) is 9.78. The molecule has 0 radical (unpaired) electrons. The number of anilines is 1. The van der Waals surface area contributed by atoms with Crippen LogP contribution in [0.1, 0.15) is 65.5 Å². The van der Waals surface area contributed by atoms with Gasteiger partial charge in [-0.1, -0.05) is 34.6 Å². The summed E-state index contributed by atoms with van der Waals surface area (Å²) in [6, 6.07) is 3.94. The van der Waals surface area contributed by atoms with Gasteiger partial charge in [-0.15, -0.1) is 0 Å². The molecular weight excluding hydrogens is 326 g/mol. The number of amides is 1. The van der Waals surface area contributed by atoms with E-state index in [2.05, 4.69) is 39.9 Å². The van der Waals surface area contributed by atoms with Crippen molar-refractivity contribution in [1.29, 1.82) is 0 Å². The molecule has 1 rings (SSSR count). The zero-order chi connectivity index (χ0) is 19.9. The number of aryl methyl sites for hydroxylation is 2. The summed E-state index contributed by atoms with van der Waals surface area (Å²) in [4.78, 5) is 12.9. The second-order valence-corrected chi connectivity index (χ2v) is 8.28. The van der Waals surface area contributed by atoms with Gasteiger partial charge in [-0.3, -0.25) is 4.79 Å². The molecule has 0 bridgehead atoms. The van der Waals surface area contributed by atoms with E-state index in [-0.39, 0.29) is 5.91 Å². The summed E-state index contributed by atoms with van der Waals surface area (Å²) < 4.78 is 11.9. The van der Waals surface area contributed by atoms with E-state index in [1.54, 1.807) is 0 Å². The smallest absolute Gasteiger partial charge is 0.256 e. The summed E-state index contributed by atoms with van der Waals surface area (Å²) in [5, 5.41) is 3.05. The molecule has 0 aliphatic heterocycles. The van der Waals surface area contributed by atoms with Crippen molar-refractivity contribution >= 4 is 11.6 Å². The first-order chi connectivity index (χ1) is 12.1. The van der Waals surface area contributed by atoms with Crippen LogP contribution in [-0.2, 0) is 9.53 Å². The standard InChI is InChI=1S/C22H37NO3/c1-9-10-26-22(8,13-15(2)3)21(24)23-19-11-17(6)20(18(7)12-19)25-14-16(4)5/h11-12,15-16H,9-10,13-14H2,1-8H3,(H,23,24). The summed E-state index contributed by atoms with van der Waals surface area (Å²) in [6.07, 6.45) is 1.58. The molecule has 0 aliphatic rings. The summed E-state index contributed by atoms with van der Waals surface area (Å²) in [5.74, 6) is 1.66. The van der Waals surface area contributed by atoms with Crippen molar-refractivity contribution < 1.29 is 14.3 Å². The predicted octanol–water partition coefficient (Wildman–Crippen LogP) is 5.51. The Balaban J connectivity index is 2.96.